The Morgan fingerprint density at radius 3 is 2.50 bits per heavy atom. The molecule has 1 atom stereocenters. The fraction of sp³-hybridized carbons (Fsp3) is 0.588. The normalized spacial score (nSPS) is 12.2. The molecule has 0 aliphatic heterocycles. The number of anilines is 1. The molecule has 1 rings (SSSR count). The molecule has 0 saturated carbocycles. The molecular weight excluding hydrogens is 250 g/mol. The topological polar surface area (TPSA) is 40.5 Å². The molecule has 0 radical (unpaired) electrons. The zero-order valence-corrected chi connectivity index (χ0v) is 13.1. The third-order valence-corrected chi connectivity index (χ3v) is 3.89. The number of aromatic carboxylic acids is 1. The first-order valence-electron chi connectivity index (χ1n) is 7.53. The van der Waals surface area contributed by atoms with Crippen molar-refractivity contribution in [2.45, 2.75) is 46.0 Å². The van der Waals surface area contributed by atoms with Gasteiger partial charge in [0.15, 0.2) is 0 Å². The second-order valence-electron chi connectivity index (χ2n) is 5.66. The standard InChI is InChI=1S/C17H27NO2/c1-5-7-8-13(6-2)11-14-12-15(18(3)4)9-10-16(14)17(19)20/h9-10,12-13H,5-8,11H2,1-4H3,(H,19,20). The lowest BCUT2D eigenvalue weighted by atomic mass is 9.89. The molecule has 0 aliphatic carbocycles. The third kappa shape index (κ3) is 4.55. The first kappa shape index (κ1) is 16.5. The van der Waals surface area contributed by atoms with Crippen LogP contribution >= 0.6 is 0 Å². The molecule has 1 unspecified atom stereocenters. The number of hydrogen-bond acceptors (Lipinski definition) is 2. The fourth-order valence-corrected chi connectivity index (χ4v) is 2.49. The molecule has 3 heteroatoms. The summed E-state index contributed by atoms with van der Waals surface area (Å²) < 4.78 is 0. The molecule has 0 bridgehead atoms. The third-order valence-electron chi connectivity index (χ3n) is 3.89. The molecule has 0 aliphatic rings. The Labute approximate surface area is 122 Å². The van der Waals surface area contributed by atoms with Crippen LogP contribution in [-0.4, -0.2) is 25.2 Å². The number of unbranched alkanes of at least 4 members (excludes halogenated alkanes) is 1. The van der Waals surface area contributed by atoms with E-state index >= 15 is 0 Å². The first-order chi connectivity index (χ1) is 9.49. The highest BCUT2D eigenvalue weighted by Crippen LogP contribution is 2.24. The molecule has 0 saturated heterocycles. The Bertz CT molecular complexity index is 441. The van der Waals surface area contributed by atoms with Gasteiger partial charge in [-0.3, -0.25) is 0 Å². The Balaban J connectivity index is 2.99. The van der Waals surface area contributed by atoms with E-state index in [9.17, 15) is 9.90 Å². The monoisotopic (exact) mass is 277 g/mol. The summed E-state index contributed by atoms with van der Waals surface area (Å²) in [6.45, 7) is 4.39. The molecule has 0 amide bonds. The van der Waals surface area contributed by atoms with Crippen LogP contribution in [0.5, 0.6) is 0 Å². The smallest absolute Gasteiger partial charge is 0.335 e. The number of carboxylic acid groups (broad SMARTS) is 1. The quantitative estimate of drug-likeness (QED) is 0.773. The summed E-state index contributed by atoms with van der Waals surface area (Å²) in [5.41, 5.74) is 2.48. The minimum atomic E-state index is -0.823. The van der Waals surface area contributed by atoms with Crippen molar-refractivity contribution in [3.05, 3.63) is 29.3 Å². The minimum absolute atomic E-state index is 0.450. The molecule has 20 heavy (non-hydrogen) atoms. The number of hydrogen-bond donors (Lipinski definition) is 1. The van der Waals surface area contributed by atoms with Gasteiger partial charge in [0, 0.05) is 19.8 Å². The van der Waals surface area contributed by atoms with E-state index in [0.717, 1.165) is 24.1 Å². The Kier molecular flexibility index (Phi) is 6.56. The zero-order chi connectivity index (χ0) is 15.1. The van der Waals surface area contributed by atoms with Crippen LogP contribution in [0.2, 0.25) is 0 Å². The van der Waals surface area contributed by atoms with Gasteiger partial charge in [0.25, 0.3) is 0 Å². The van der Waals surface area contributed by atoms with Crippen LogP contribution in [0.4, 0.5) is 5.69 Å². The average molecular weight is 277 g/mol. The van der Waals surface area contributed by atoms with Crippen LogP contribution in [0.3, 0.4) is 0 Å². The van der Waals surface area contributed by atoms with Crippen molar-refractivity contribution < 1.29 is 9.90 Å². The Morgan fingerprint density at radius 2 is 2.00 bits per heavy atom. The van der Waals surface area contributed by atoms with Crippen LogP contribution in [-0.2, 0) is 6.42 Å². The second kappa shape index (κ2) is 7.93. The van der Waals surface area contributed by atoms with Gasteiger partial charge in [-0.25, -0.2) is 4.79 Å². The van der Waals surface area contributed by atoms with E-state index < -0.39 is 5.97 Å². The van der Waals surface area contributed by atoms with Crippen LogP contribution in [0.25, 0.3) is 0 Å². The van der Waals surface area contributed by atoms with Gasteiger partial charge in [0.2, 0.25) is 0 Å². The number of carbonyl (C=O) groups is 1. The highest BCUT2D eigenvalue weighted by Gasteiger charge is 2.15. The molecule has 1 aromatic carbocycles. The first-order valence-corrected chi connectivity index (χ1v) is 7.53. The van der Waals surface area contributed by atoms with E-state index in [1.165, 1.54) is 19.3 Å². The molecule has 112 valence electrons. The summed E-state index contributed by atoms with van der Waals surface area (Å²) in [5, 5.41) is 9.34. The number of benzene rings is 1. The number of nitrogens with zero attached hydrogens (tertiary/aromatic N) is 1. The van der Waals surface area contributed by atoms with E-state index in [-0.39, 0.29) is 0 Å². The highest BCUT2D eigenvalue weighted by molar-refractivity contribution is 5.90. The van der Waals surface area contributed by atoms with Crippen molar-refractivity contribution in [2.75, 3.05) is 19.0 Å². The molecule has 0 heterocycles. The lowest BCUT2D eigenvalue weighted by molar-refractivity contribution is 0.0695. The maximum absolute atomic E-state index is 11.4. The summed E-state index contributed by atoms with van der Waals surface area (Å²) in [5.74, 6) is -0.249. The predicted octanol–water partition coefficient (Wildman–Crippen LogP) is 4.21. The van der Waals surface area contributed by atoms with E-state index in [4.69, 9.17) is 0 Å². The van der Waals surface area contributed by atoms with Gasteiger partial charge in [-0.2, -0.15) is 0 Å². The largest absolute Gasteiger partial charge is 0.478 e. The lowest BCUT2D eigenvalue weighted by Crippen LogP contribution is -2.13. The maximum Gasteiger partial charge on any atom is 0.335 e. The van der Waals surface area contributed by atoms with E-state index in [0.29, 0.717) is 11.5 Å². The van der Waals surface area contributed by atoms with E-state index in [1.54, 1.807) is 6.07 Å². The van der Waals surface area contributed by atoms with Gasteiger partial charge in [0.1, 0.15) is 0 Å². The number of carboxylic acids is 1. The van der Waals surface area contributed by atoms with Crippen LogP contribution in [0.1, 0.15) is 55.5 Å². The minimum Gasteiger partial charge on any atom is -0.478 e. The maximum atomic E-state index is 11.4. The SMILES string of the molecule is CCCCC(CC)Cc1cc(N(C)C)ccc1C(=O)O. The van der Waals surface area contributed by atoms with Crippen LogP contribution < -0.4 is 4.90 Å². The Hall–Kier alpha value is -1.51. The summed E-state index contributed by atoms with van der Waals surface area (Å²) in [6.07, 6.45) is 5.55. The van der Waals surface area contributed by atoms with Crippen LogP contribution in [0, 0.1) is 5.92 Å². The molecular formula is C17H27NO2. The molecule has 1 N–H and O–H groups in total. The summed E-state index contributed by atoms with van der Waals surface area (Å²) in [7, 11) is 3.96. The van der Waals surface area contributed by atoms with Crippen molar-refractivity contribution in [2.24, 2.45) is 5.92 Å². The van der Waals surface area contributed by atoms with Crippen molar-refractivity contribution >= 4 is 11.7 Å². The molecule has 0 fully saturated rings. The van der Waals surface area contributed by atoms with Crippen LogP contribution in [0.15, 0.2) is 18.2 Å². The van der Waals surface area contributed by atoms with Crippen molar-refractivity contribution in [1.82, 2.24) is 0 Å². The lowest BCUT2D eigenvalue weighted by Gasteiger charge is -2.19. The van der Waals surface area contributed by atoms with Gasteiger partial charge in [-0.1, -0.05) is 39.5 Å². The second-order valence-corrected chi connectivity index (χ2v) is 5.66. The van der Waals surface area contributed by atoms with E-state index in [2.05, 4.69) is 13.8 Å². The van der Waals surface area contributed by atoms with Crippen molar-refractivity contribution in [1.29, 1.82) is 0 Å². The Morgan fingerprint density at radius 1 is 1.30 bits per heavy atom. The highest BCUT2D eigenvalue weighted by atomic mass is 16.4. The summed E-state index contributed by atoms with van der Waals surface area (Å²) >= 11 is 0. The molecule has 0 aromatic heterocycles. The van der Waals surface area contributed by atoms with Gasteiger partial charge in [0.05, 0.1) is 5.56 Å². The predicted molar refractivity (Wildman–Crippen MR) is 84.7 cm³/mol. The van der Waals surface area contributed by atoms with Gasteiger partial charge in [-0.15, -0.1) is 0 Å². The average Bonchev–Trinajstić information content (AvgIpc) is 2.42. The zero-order valence-electron chi connectivity index (χ0n) is 13.1. The van der Waals surface area contributed by atoms with Gasteiger partial charge >= 0.3 is 5.97 Å². The van der Waals surface area contributed by atoms with Crippen molar-refractivity contribution in [3.8, 4) is 0 Å². The fourth-order valence-electron chi connectivity index (χ4n) is 2.49. The number of rotatable bonds is 8. The molecule has 1 aromatic rings. The molecule has 0 spiro atoms. The van der Waals surface area contributed by atoms with Gasteiger partial charge in [-0.05, 0) is 36.1 Å². The molecule has 3 nitrogen and oxygen atoms in total. The summed E-state index contributed by atoms with van der Waals surface area (Å²) in [4.78, 5) is 13.4. The van der Waals surface area contributed by atoms with Crippen molar-refractivity contribution in [3.63, 3.8) is 0 Å². The van der Waals surface area contributed by atoms with E-state index in [1.807, 2.05) is 31.1 Å². The summed E-state index contributed by atoms with van der Waals surface area (Å²) in [6, 6.07) is 5.64. The van der Waals surface area contributed by atoms with Gasteiger partial charge < -0.3 is 10.0 Å².